The fourth-order valence-corrected chi connectivity index (χ4v) is 1.15. The van der Waals surface area contributed by atoms with Gasteiger partial charge in [0.25, 0.3) is 5.56 Å². The van der Waals surface area contributed by atoms with Crippen molar-refractivity contribution in [2.24, 2.45) is 5.73 Å². The van der Waals surface area contributed by atoms with Gasteiger partial charge in [0, 0.05) is 6.07 Å². The Bertz CT molecular complexity index is 716. The number of hydrogen-bond acceptors (Lipinski definition) is 6. The number of nitrogens with one attached hydrogen (secondary N) is 3. The maximum atomic E-state index is 10.5. The Morgan fingerprint density at radius 3 is 2.18 bits per heavy atom. The molecule has 22 heavy (non-hydrogen) atoms. The second-order valence-electron chi connectivity index (χ2n) is 3.49. The number of nitrogens with two attached hydrogens (primary N) is 2. The quantitative estimate of drug-likeness (QED) is 0.335. The van der Waals surface area contributed by atoms with E-state index in [0.717, 1.165) is 6.07 Å². The Hall–Kier alpha value is -3.38. The summed E-state index contributed by atoms with van der Waals surface area (Å²) >= 11 is 0. The molecule has 122 valence electrons. The first-order valence-electron chi connectivity index (χ1n) is 5.11. The van der Waals surface area contributed by atoms with Gasteiger partial charge in [-0.1, -0.05) is 6.58 Å². The molecular formula is C10H16N6O6. The highest BCUT2D eigenvalue weighted by Gasteiger charge is 2.03. The zero-order valence-electron chi connectivity index (χ0n) is 11.1. The summed E-state index contributed by atoms with van der Waals surface area (Å²) < 4.78 is 0. The Labute approximate surface area is 122 Å². The third kappa shape index (κ3) is 5.72. The molecule has 0 aliphatic rings. The van der Waals surface area contributed by atoms with E-state index in [1.165, 1.54) is 6.33 Å². The highest BCUT2D eigenvalue weighted by Crippen LogP contribution is 2.08. The predicted octanol–water partition coefficient (Wildman–Crippen LogP) is -2.97. The van der Waals surface area contributed by atoms with Crippen molar-refractivity contribution in [1.82, 2.24) is 19.9 Å². The molecule has 0 unspecified atom stereocenters. The Morgan fingerprint density at radius 2 is 1.86 bits per heavy atom. The van der Waals surface area contributed by atoms with Gasteiger partial charge in [-0.2, -0.15) is 0 Å². The molecule has 0 aliphatic carbocycles. The number of H-pyrrole nitrogens is 3. The lowest BCUT2D eigenvalue weighted by atomic mass is 10.4. The minimum Gasteiger partial charge on any atom is -0.477 e. The van der Waals surface area contributed by atoms with Gasteiger partial charge in [0.1, 0.15) is 11.4 Å². The van der Waals surface area contributed by atoms with Crippen LogP contribution in [0.5, 0.6) is 0 Å². The molecule has 0 atom stereocenters. The monoisotopic (exact) mass is 316 g/mol. The summed E-state index contributed by atoms with van der Waals surface area (Å²) in [6.07, 6.45) is 1.47. The van der Waals surface area contributed by atoms with Crippen molar-refractivity contribution in [3.63, 3.8) is 0 Å². The molecule has 12 heteroatoms. The molecule has 2 aromatic heterocycles. The second kappa shape index (κ2) is 8.72. The molecule has 0 spiro atoms. The number of carbonyl (C=O) groups is 1. The van der Waals surface area contributed by atoms with Crippen LogP contribution in [0.4, 0.5) is 5.82 Å². The molecule has 2 heterocycles. The number of imidazole rings is 1. The van der Waals surface area contributed by atoms with E-state index in [0.29, 0.717) is 17.2 Å². The standard InChI is InChI=1S/C5H8N4.C5H4N2O4.2H2O/c1-3(6)4-5(7)9-2-8-4;8-3-1-2(4(9)10)6-5(11)7-3;;/h2H,1,6-7H2,(H,8,9);1H,(H,9,10)(H2,6,7,8,11);2*1H2. The van der Waals surface area contributed by atoms with Crippen molar-refractivity contribution in [1.29, 1.82) is 0 Å². The molecule has 0 amide bonds. The Balaban J connectivity index is 0. The molecule has 0 bridgehead atoms. The van der Waals surface area contributed by atoms with Crippen LogP contribution >= 0.6 is 0 Å². The van der Waals surface area contributed by atoms with Crippen LogP contribution in [0, 0.1) is 0 Å². The number of hydrogen-bond donors (Lipinski definition) is 6. The van der Waals surface area contributed by atoms with Crippen molar-refractivity contribution in [3.8, 4) is 0 Å². The summed E-state index contributed by atoms with van der Waals surface area (Å²) in [5, 5.41) is 8.31. The van der Waals surface area contributed by atoms with E-state index in [4.69, 9.17) is 16.6 Å². The minimum absolute atomic E-state index is 0. The van der Waals surface area contributed by atoms with Gasteiger partial charge in [-0.15, -0.1) is 0 Å². The summed E-state index contributed by atoms with van der Waals surface area (Å²) in [6.45, 7) is 3.48. The second-order valence-corrected chi connectivity index (χ2v) is 3.49. The summed E-state index contributed by atoms with van der Waals surface area (Å²) in [6, 6.07) is 0.795. The van der Waals surface area contributed by atoms with Crippen LogP contribution in [0.1, 0.15) is 16.2 Å². The number of rotatable bonds is 2. The number of carboxylic acids is 1. The first-order chi connectivity index (χ1) is 9.31. The Morgan fingerprint density at radius 1 is 1.27 bits per heavy atom. The molecule has 0 fully saturated rings. The molecule has 0 aromatic carbocycles. The van der Waals surface area contributed by atoms with E-state index >= 15 is 0 Å². The minimum atomic E-state index is -1.34. The fraction of sp³-hybridized carbons (Fsp3) is 0. The van der Waals surface area contributed by atoms with Gasteiger partial charge < -0.3 is 37.5 Å². The lowest BCUT2D eigenvalue weighted by Gasteiger charge is -1.92. The lowest BCUT2D eigenvalue weighted by Crippen LogP contribution is -2.24. The van der Waals surface area contributed by atoms with Crippen LogP contribution in [0.3, 0.4) is 0 Å². The van der Waals surface area contributed by atoms with Crippen LogP contribution in [0.2, 0.25) is 0 Å². The number of carboxylic acid groups (broad SMARTS) is 1. The van der Waals surface area contributed by atoms with Gasteiger partial charge in [0.2, 0.25) is 0 Å². The normalized spacial score (nSPS) is 8.55. The van der Waals surface area contributed by atoms with Gasteiger partial charge >= 0.3 is 11.7 Å². The average Bonchev–Trinajstić information content (AvgIpc) is 2.75. The zero-order valence-corrected chi connectivity index (χ0v) is 11.1. The molecule has 2 rings (SSSR count). The van der Waals surface area contributed by atoms with Crippen LogP contribution in [-0.4, -0.2) is 42.0 Å². The Kier molecular flexibility index (Phi) is 8.30. The molecular weight excluding hydrogens is 300 g/mol. The predicted molar refractivity (Wildman–Crippen MR) is 78.1 cm³/mol. The van der Waals surface area contributed by atoms with Crippen molar-refractivity contribution in [3.05, 3.63) is 51.2 Å². The van der Waals surface area contributed by atoms with Gasteiger partial charge in [0.15, 0.2) is 5.82 Å². The number of aromatic nitrogens is 4. The van der Waals surface area contributed by atoms with Crippen LogP contribution in [-0.2, 0) is 0 Å². The van der Waals surface area contributed by atoms with E-state index < -0.39 is 22.9 Å². The molecule has 12 nitrogen and oxygen atoms in total. The van der Waals surface area contributed by atoms with E-state index in [1.807, 2.05) is 9.97 Å². The van der Waals surface area contributed by atoms with Crippen LogP contribution in [0.25, 0.3) is 5.70 Å². The van der Waals surface area contributed by atoms with E-state index in [1.54, 1.807) is 0 Å². The molecule has 0 radical (unpaired) electrons. The highest BCUT2D eigenvalue weighted by atomic mass is 16.4. The SMILES string of the molecule is C=C(N)c1[nH]cnc1N.O.O.O=C(O)c1cc(=O)[nH]c(=O)[nH]1. The van der Waals surface area contributed by atoms with E-state index in [-0.39, 0.29) is 11.0 Å². The fourth-order valence-electron chi connectivity index (χ4n) is 1.15. The van der Waals surface area contributed by atoms with Crippen molar-refractivity contribution >= 4 is 17.5 Å². The number of aromatic amines is 3. The molecule has 0 aliphatic heterocycles. The van der Waals surface area contributed by atoms with Crippen LogP contribution in [0.15, 0.2) is 28.6 Å². The topological polar surface area (TPSA) is 247 Å². The molecule has 0 saturated carbocycles. The third-order valence-corrected chi connectivity index (χ3v) is 1.98. The summed E-state index contributed by atoms with van der Waals surface area (Å²) in [5.41, 5.74) is 9.71. The molecule has 0 saturated heterocycles. The summed E-state index contributed by atoms with van der Waals surface area (Å²) in [5.74, 6) is -0.948. The smallest absolute Gasteiger partial charge is 0.352 e. The number of nitrogens with zero attached hydrogens (tertiary/aromatic N) is 1. The van der Waals surface area contributed by atoms with Gasteiger partial charge in [-0.3, -0.25) is 9.78 Å². The molecule has 2 aromatic rings. The number of nitrogen functional groups attached to an aromatic ring is 1. The maximum Gasteiger partial charge on any atom is 0.352 e. The maximum absolute atomic E-state index is 10.5. The summed E-state index contributed by atoms with van der Waals surface area (Å²) in [7, 11) is 0. The van der Waals surface area contributed by atoms with Gasteiger partial charge in [0.05, 0.1) is 12.0 Å². The number of anilines is 1. The molecule has 12 N–H and O–H groups in total. The zero-order chi connectivity index (χ0) is 15.3. The summed E-state index contributed by atoms with van der Waals surface area (Å²) in [4.78, 5) is 41.3. The van der Waals surface area contributed by atoms with E-state index in [9.17, 15) is 14.4 Å². The van der Waals surface area contributed by atoms with Crippen LogP contribution < -0.4 is 22.7 Å². The third-order valence-electron chi connectivity index (χ3n) is 1.98. The number of aromatic carboxylic acids is 1. The van der Waals surface area contributed by atoms with Crippen molar-refractivity contribution in [2.75, 3.05) is 5.73 Å². The van der Waals surface area contributed by atoms with E-state index in [2.05, 4.69) is 16.5 Å². The first kappa shape index (κ1) is 20.9. The van der Waals surface area contributed by atoms with Gasteiger partial charge in [-0.25, -0.2) is 14.6 Å². The largest absolute Gasteiger partial charge is 0.477 e. The first-order valence-corrected chi connectivity index (χ1v) is 5.11. The highest BCUT2D eigenvalue weighted by molar-refractivity contribution is 5.84. The van der Waals surface area contributed by atoms with Gasteiger partial charge in [-0.05, 0) is 0 Å². The lowest BCUT2D eigenvalue weighted by molar-refractivity contribution is 0.0689. The average molecular weight is 316 g/mol. The van der Waals surface area contributed by atoms with Crippen molar-refractivity contribution < 1.29 is 20.9 Å². The van der Waals surface area contributed by atoms with Crippen molar-refractivity contribution in [2.45, 2.75) is 0 Å².